The lowest BCUT2D eigenvalue weighted by Gasteiger charge is -2.10. The molecule has 0 spiro atoms. The van der Waals surface area contributed by atoms with Crippen LogP contribution in [0.15, 0.2) is 36.4 Å². The zero-order valence-corrected chi connectivity index (χ0v) is 10.8. The number of benzene rings is 2. The zero-order valence-electron chi connectivity index (χ0n) is 10.8. The van der Waals surface area contributed by atoms with Crippen molar-refractivity contribution >= 4 is 17.0 Å². The van der Waals surface area contributed by atoms with Gasteiger partial charge in [0.15, 0.2) is 0 Å². The van der Waals surface area contributed by atoms with Gasteiger partial charge in [0.2, 0.25) is 5.95 Å². The summed E-state index contributed by atoms with van der Waals surface area (Å²) in [6.07, 6.45) is 0. The van der Waals surface area contributed by atoms with Crippen LogP contribution < -0.4 is 5.73 Å². The van der Waals surface area contributed by atoms with Crippen LogP contribution in [0.3, 0.4) is 0 Å². The fourth-order valence-corrected chi connectivity index (χ4v) is 2.30. The van der Waals surface area contributed by atoms with Crippen molar-refractivity contribution in [2.75, 3.05) is 5.73 Å². The number of nitrogens with two attached hydrogens (primary N) is 1. The summed E-state index contributed by atoms with van der Waals surface area (Å²) in [6.45, 7) is 3.75. The van der Waals surface area contributed by atoms with Crippen LogP contribution in [0.5, 0.6) is 0 Å². The van der Waals surface area contributed by atoms with Crippen molar-refractivity contribution in [1.29, 1.82) is 0 Å². The zero-order chi connectivity index (χ0) is 13.6. The van der Waals surface area contributed by atoms with E-state index in [9.17, 15) is 4.39 Å². The van der Waals surface area contributed by atoms with Gasteiger partial charge >= 0.3 is 0 Å². The van der Waals surface area contributed by atoms with E-state index in [-0.39, 0.29) is 5.82 Å². The molecule has 96 valence electrons. The van der Waals surface area contributed by atoms with E-state index in [0.717, 1.165) is 22.3 Å². The molecule has 1 aromatic heterocycles. The highest BCUT2D eigenvalue weighted by Gasteiger charge is 2.13. The first kappa shape index (κ1) is 11.7. The van der Waals surface area contributed by atoms with Crippen LogP contribution in [0.2, 0.25) is 0 Å². The maximum absolute atomic E-state index is 13.7. The van der Waals surface area contributed by atoms with E-state index in [0.29, 0.717) is 11.5 Å². The maximum atomic E-state index is 13.7. The van der Waals surface area contributed by atoms with Crippen molar-refractivity contribution in [3.8, 4) is 5.69 Å². The Kier molecular flexibility index (Phi) is 2.52. The Morgan fingerprint density at radius 3 is 2.74 bits per heavy atom. The number of fused-ring (bicyclic) bond motifs is 1. The van der Waals surface area contributed by atoms with E-state index in [1.165, 1.54) is 6.07 Å². The average molecular weight is 255 g/mol. The first-order valence-electron chi connectivity index (χ1n) is 6.08. The number of anilines is 1. The Morgan fingerprint density at radius 2 is 1.95 bits per heavy atom. The van der Waals surface area contributed by atoms with Gasteiger partial charge in [-0.15, -0.1) is 0 Å². The summed E-state index contributed by atoms with van der Waals surface area (Å²) < 4.78 is 15.5. The van der Waals surface area contributed by atoms with Crippen LogP contribution in [-0.4, -0.2) is 9.55 Å². The highest BCUT2D eigenvalue weighted by Crippen LogP contribution is 2.26. The lowest BCUT2D eigenvalue weighted by molar-refractivity contribution is 0.617. The number of aryl methyl sites for hydroxylation is 1. The first-order valence-corrected chi connectivity index (χ1v) is 6.08. The molecule has 0 atom stereocenters. The molecule has 0 saturated heterocycles. The van der Waals surface area contributed by atoms with Crippen molar-refractivity contribution in [3.05, 3.63) is 53.3 Å². The predicted octanol–water partition coefficient (Wildman–Crippen LogP) is 3.36. The molecule has 0 aliphatic carbocycles. The van der Waals surface area contributed by atoms with Crippen molar-refractivity contribution < 1.29 is 4.39 Å². The average Bonchev–Trinajstić information content (AvgIpc) is 2.69. The standard InChI is InChI=1S/C15H14FN3/c1-9-6-7-12-14(8-9)19(15(17)18-12)13-5-3-4-11(16)10(13)2/h3-8H,1-2H3,(H2,17,18). The lowest BCUT2D eigenvalue weighted by Crippen LogP contribution is -2.03. The second-order valence-electron chi connectivity index (χ2n) is 4.68. The minimum Gasteiger partial charge on any atom is -0.369 e. The van der Waals surface area contributed by atoms with Gasteiger partial charge in [-0.1, -0.05) is 12.1 Å². The first-order chi connectivity index (χ1) is 9.08. The summed E-state index contributed by atoms with van der Waals surface area (Å²) in [5, 5.41) is 0. The van der Waals surface area contributed by atoms with Crippen molar-refractivity contribution in [2.24, 2.45) is 0 Å². The topological polar surface area (TPSA) is 43.8 Å². The van der Waals surface area contributed by atoms with E-state index in [4.69, 9.17) is 5.73 Å². The Hall–Kier alpha value is -2.36. The molecule has 3 nitrogen and oxygen atoms in total. The smallest absolute Gasteiger partial charge is 0.205 e. The highest BCUT2D eigenvalue weighted by atomic mass is 19.1. The number of hydrogen-bond donors (Lipinski definition) is 1. The maximum Gasteiger partial charge on any atom is 0.205 e. The van der Waals surface area contributed by atoms with E-state index in [1.54, 1.807) is 17.6 Å². The molecule has 0 unspecified atom stereocenters. The molecule has 2 N–H and O–H groups in total. The number of rotatable bonds is 1. The quantitative estimate of drug-likeness (QED) is 0.724. The van der Waals surface area contributed by atoms with Gasteiger partial charge in [-0.3, -0.25) is 4.57 Å². The molecule has 0 aliphatic heterocycles. The van der Waals surface area contributed by atoms with Crippen molar-refractivity contribution in [3.63, 3.8) is 0 Å². The van der Waals surface area contributed by atoms with Gasteiger partial charge < -0.3 is 5.73 Å². The summed E-state index contributed by atoms with van der Waals surface area (Å²) in [6, 6.07) is 10.9. The third-order valence-corrected chi connectivity index (χ3v) is 3.32. The fraction of sp³-hybridized carbons (Fsp3) is 0.133. The molecule has 0 saturated carbocycles. The number of halogens is 1. The lowest BCUT2D eigenvalue weighted by atomic mass is 10.1. The third-order valence-electron chi connectivity index (χ3n) is 3.32. The largest absolute Gasteiger partial charge is 0.369 e. The normalized spacial score (nSPS) is 11.1. The van der Waals surface area contributed by atoms with Crippen molar-refractivity contribution in [2.45, 2.75) is 13.8 Å². The van der Waals surface area contributed by atoms with E-state index < -0.39 is 0 Å². The van der Waals surface area contributed by atoms with Crippen LogP contribution in [0.25, 0.3) is 16.7 Å². The molecule has 3 aromatic rings. The number of imidazole rings is 1. The third kappa shape index (κ3) is 1.76. The van der Waals surface area contributed by atoms with Crippen molar-refractivity contribution in [1.82, 2.24) is 9.55 Å². The molecule has 4 heteroatoms. The molecule has 1 heterocycles. The monoisotopic (exact) mass is 255 g/mol. The summed E-state index contributed by atoms with van der Waals surface area (Å²) in [5.41, 5.74) is 10.1. The van der Waals surface area contributed by atoms with Crippen LogP contribution in [0.1, 0.15) is 11.1 Å². The summed E-state index contributed by atoms with van der Waals surface area (Å²) >= 11 is 0. The second-order valence-corrected chi connectivity index (χ2v) is 4.68. The summed E-state index contributed by atoms with van der Waals surface area (Å²) in [4.78, 5) is 4.32. The number of nitrogen functional groups attached to an aromatic ring is 1. The molecular formula is C15H14FN3. The fourth-order valence-electron chi connectivity index (χ4n) is 2.30. The minimum atomic E-state index is -0.244. The van der Waals surface area contributed by atoms with Crippen LogP contribution in [-0.2, 0) is 0 Å². The highest BCUT2D eigenvalue weighted by molar-refractivity contribution is 5.81. The Labute approximate surface area is 110 Å². The second kappa shape index (κ2) is 4.09. The molecule has 0 radical (unpaired) electrons. The predicted molar refractivity (Wildman–Crippen MR) is 74.9 cm³/mol. The van der Waals surface area contributed by atoms with Gasteiger partial charge in [-0.05, 0) is 43.7 Å². The Morgan fingerprint density at radius 1 is 1.16 bits per heavy atom. The molecule has 0 fully saturated rings. The van der Waals surface area contributed by atoms with Gasteiger partial charge in [0.25, 0.3) is 0 Å². The van der Waals surface area contributed by atoms with Crippen LogP contribution in [0, 0.1) is 19.7 Å². The number of hydrogen-bond acceptors (Lipinski definition) is 2. The minimum absolute atomic E-state index is 0.244. The van der Waals surface area contributed by atoms with Crippen LogP contribution >= 0.6 is 0 Å². The van der Waals surface area contributed by atoms with Gasteiger partial charge in [-0.2, -0.15) is 0 Å². The summed E-state index contributed by atoms with van der Waals surface area (Å²) in [7, 11) is 0. The molecule has 0 bridgehead atoms. The SMILES string of the molecule is Cc1ccc2nc(N)n(-c3cccc(F)c3C)c2c1. The molecule has 0 aliphatic rings. The Bertz CT molecular complexity index is 774. The van der Waals surface area contributed by atoms with Gasteiger partial charge in [0.1, 0.15) is 5.82 Å². The summed E-state index contributed by atoms with van der Waals surface area (Å²) in [5.74, 6) is 0.126. The van der Waals surface area contributed by atoms with Gasteiger partial charge in [0.05, 0.1) is 16.7 Å². The molecular weight excluding hydrogens is 241 g/mol. The van der Waals surface area contributed by atoms with E-state index in [1.807, 2.05) is 31.2 Å². The van der Waals surface area contributed by atoms with Crippen LogP contribution in [0.4, 0.5) is 10.3 Å². The Balaban J connectivity index is 2.39. The molecule has 0 amide bonds. The van der Waals surface area contributed by atoms with E-state index in [2.05, 4.69) is 4.98 Å². The van der Waals surface area contributed by atoms with Gasteiger partial charge in [-0.25, -0.2) is 9.37 Å². The molecule has 3 rings (SSSR count). The molecule has 2 aromatic carbocycles. The number of aromatic nitrogens is 2. The number of nitrogens with zero attached hydrogens (tertiary/aromatic N) is 2. The molecule has 19 heavy (non-hydrogen) atoms. The van der Waals surface area contributed by atoms with Gasteiger partial charge in [0, 0.05) is 5.56 Å². The van der Waals surface area contributed by atoms with E-state index >= 15 is 0 Å².